The fourth-order valence-electron chi connectivity index (χ4n) is 3.00. The van der Waals surface area contributed by atoms with E-state index in [-0.39, 0.29) is 0 Å². The maximum absolute atomic E-state index is 5.41. The molecule has 4 rings (SSSR count). The fraction of sp³-hybridized carbons (Fsp3) is 0.200. The summed E-state index contributed by atoms with van der Waals surface area (Å²) in [6.07, 6.45) is 3.35. The molecule has 3 aromatic heterocycles. The first-order valence-electron chi connectivity index (χ1n) is 8.88. The lowest BCUT2D eigenvalue weighted by molar-refractivity contribution is 0.573. The minimum atomic E-state index is 0.394. The smallest absolute Gasteiger partial charge is 0.219 e. The Morgan fingerprint density at radius 3 is 2.68 bits per heavy atom. The summed E-state index contributed by atoms with van der Waals surface area (Å²) in [6, 6.07) is 12.1. The van der Waals surface area contributed by atoms with Crippen LogP contribution in [-0.2, 0) is 6.54 Å². The van der Waals surface area contributed by atoms with Crippen LogP contribution in [0.15, 0.2) is 52.2 Å². The Labute approximate surface area is 167 Å². The van der Waals surface area contributed by atoms with Crippen molar-refractivity contribution in [3.63, 3.8) is 0 Å². The monoisotopic (exact) mass is 392 g/mol. The average molecular weight is 392 g/mol. The summed E-state index contributed by atoms with van der Waals surface area (Å²) in [6.45, 7) is 6.81. The predicted octanol–water partition coefficient (Wildman–Crippen LogP) is 4.25. The molecule has 0 bridgehead atoms. The molecule has 0 aliphatic rings. The Kier molecular flexibility index (Phi) is 4.79. The van der Waals surface area contributed by atoms with Crippen LogP contribution < -0.4 is 0 Å². The number of benzene rings is 1. The van der Waals surface area contributed by atoms with Gasteiger partial charge in [0.1, 0.15) is 0 Å². The molecular formula is C20H20N6OS. The van der Waals surface area contributed by atoms with Crippen LogP contribution >= 0.6 is 12.2 Å². The van der Waals surface area contributed by atoms with Crippen LogP contribution in [0.4, 0.5) is 0 Å². The summed E-state index contributed by atoms with van der Waals surface area (Å²) in [5, 5.41) is 16.2. The van der Waals surface area contributed by atoms with Gasteiger partial charge >= 0.3 is 0 Å². The zero-order valence-corrected chi connectivity index (χ0v) is 16.7. The maximum atomic E-state index is 5.41. The van der Waals surface area contributed by atoms with E-state index >= 15 is 0 Å². The molecule has 0 saturated carbocycles. The topological polar surface area (TPSA) is 76.9 Å². The second-order valence-corrected chi connectivity index (χ2v) is 7.00. The van der Waals surface area contributed by atoms with Crippen molar-refractivity contribution in [3.8, 4) is 11.6 Å². The molecule has 0 radical (unpaired) electrons. The van der Waals surface area contributed by atoms with Crippen LogP contribution in [-0.4, -0.2) is 30.9 Å². The van der Waals surface area contributed by atoms with Gasteiger partial charge in [0.05, 0.1) is 24.7 Å². The maximum Gasteiger partial charge on any atom is 0.219 e. The molecule has 8 heteroatoms. The molecule has 0 spiro atoms. The summed E-state index contributed by atoms with van der Waals surface area (Å²) < 4.78 is 9.34. The van der Waals surface area contributed by atoms with Crippen LogP contribution in [0.2, 0.25) is 0 Å². The van der Waals surface area contributed by atoms with Crippen molar-refractivity contribution in [2.24, 2.45) is 5.10 Å². The first-order valence-corrected chi connectivity index (χ1v) is 9.29. The van der Waals surface area contributed by atoms with Crippen LogP contribution in [0.1, 0.15) is 28.1 Å². The van der Waals surface area contributed by atoms with E-state index in [0.717, 1.165) is 17.0 Å². The number of hydrogen-bond acceptors (Lipinski definition) is 5. The van der Waals surface area contributed by atoms with Gasteiger partial charge in [-0.15, -0.1) is 5.10 Å². The Bertz CT molecular complexity index is 1180. The van der Waals surface area contributed by atoms with Gasteiger partial charge in [-0.3, -0.25) is 4.68 Å². The van der Waals surface area contributed by atoms with E-state index in [2.05, 4.69) is 51.6 Å². The van der Waals surface area contributed by atoms with Gasteiger partial charge in [-0.1, -0.05) is 29.8 Å². The van der Waals surface area contributed by atoms with Crippen molar-refractivity contribution >= 4 is 18.4 Å². The summed E-state index contributed by atoms with van der Waals surface area (Å²) in [5.41, 5.74) is 5.35. The Morgan fingerprint density at radius 2 is 1.96 bits per heavy atom. The zero-order valence-electron chi connectivity index (χ0n) is 15.9. The largest absolute Gasteiger partial charge is 0.461 e. The number of hydrogen-bond donors (Lipinski definition) is 1. The third-order valence-corrected chi connectivity index (χ3v) is 4.85. The van der Waals surface area contributed by atoms with Crippen molar-refractivity contribution in [1.82, 2.24) is 24.7 Å². The van der Waals surface area contributed by atoms with Gasteiger partial charge < -0.3 is 4.42 Å². The normalized spacial score (nSPS) is 11.5. The molecule has 142 valence electrons. The first-order chi connectivity index (χ1) is 13.5. The van der Waals surface area contributed by atoms with Crippen LogP contribution in [0.3, 0.4) is 0 Å². The molecule has 1 N–H and O–H groups in total. The highest BCUT2D eigenvalue weighted by Gasteiger charge is 2.13. The van der Waals surface area contributed by atoms with E-state index in [4.69, 9.17) is 16.6 Å². The van der Waals surface area contributed by atoms with Gasteiger partial charge in [0.15, 0.2) is 5.76 Å². The third kappa shape index (κ3) is 3.46. The van der Waals surface area contributed by atoms with E-state index in [9.17, 15) is 0 Å². The SMILES string of the molecule is Cc1ccc(Cn2nc(C)c(/C=N\n3c(-c4ccco4)n[nH]c3=S)c2C)cc1. The highest BCUT2D eigenvalue weighted by Crippen LogP contribution is 2.18. The molecule has 0 saturated heterocycles. The van der Waals surface area contributed by atoms with Crippen molar-refractivity contribution in [1.29, 1.82) is 0 Å². The molecule has 0 aliphatic heterocycles. The minimum Gasteiger partial charge on any atom is -0.461 e. The molecule has 3 heterocycles. The number of rotatable bonds is 5. The van der Waals surface area contributed by atoms with E-state index in [1.54, 1.807) is 23.2 Å². The molecule has 1 aromatic carbocycles. The molecule has 4 aromatic rings. The Morgan fingerprint density at radius 1 is 1.18 bits per heavy atom. The van der Waals surface area contributed by atoms with Gasteiger partial charge in [0, 0.05) is 11.3 Å². The number of nitrogens with one attached hydrogen (secondary N) is 1. The van der Waals surface area contributed by atoms with Crippen LogP contribution in [0.5, 0.6) is 0 Å². The molecule has 28 heavy (non-hydrogen) atoms. The summed E-state index contributed by atoms with van der Waals surface area (Å²) in [4.78, 5) is 0. The van der Waals surface area contributed by atoms with Crippen molar-refractivity contribution in [2.75, 3.05) is 0 Å². The second-order valence-electron chi connectivity index (χ2n) is 6.61. The second kappa shape index (κ2) is 7.40. The fourth-order valence-corrected chi connectivity index (χ4v) is 3.18. The standard InChI is InChI=1S/C20H20N6OS/c1-13-6-8-16(9-7-13)12-25-15(3)17(14(2)24-25)11-21-26-19(22-23-20(26)28)18-5-4-10-27-18/h4-11H,12H2,1-3H3,(H,23,28)/b21-11-. The molecule has 0 amide bonds. The van der Waals surface area contributed by atoms with Crippen molar-refractivity contribution in [3.05, 3.63) is 75.5 Å². The quantitative estimate of drug-likeness (QED) is 0.407. The molecule has 7 nitrogen and oxygen atoms in total. The summed E-state index contributed by atoms with van der Waals surface area (Å²) in [5.74, 6) is 1.11. The van der Waals surface area contributed by atoms with Gasteiger partial charge in [-0.2, -0.15) is 14.9 Å². The van der Waals surface area contributed by atoms with E-state index in [1.165, 1.54) is 11.1 Å². The first kappa shape index (κ1) is 18.1. The van der Waals surface area contributed by atoms with Crippen LogP contribution in [0, 0.1) is 25.5 Å². The third-order valence-electron chi connectivity index (χ3n) is 4.58. The number of H-pyrrole nitrogens is 1. The highest BCUT2D eigenvalue weighted by molar-refractivity contribution is 7.71. The van der Waals surface area contributed by atoms with E-state index in [0.29, 0.717) is 22.9 Å². The lowest BCUT2D eigenvalue weighted by Gasteiger charge is -2.05. The Hall–Kier alpha value is -3.26. The Balaban J connectivity index is 1.64. The molecule has 0 unspecified atom stereocenters. The predicted molar refractivity (Wildman–Crippen MR) is 110 cm³/mol. The molecule has 0 fully saturated rings. The molecule has 0 atom stereocenters. The van der Waals surface area contributed by atoms with E-state index < -0.39 is 0 Å². The van der Waals surface area contributed by atoms with E-state index in [1.807, 2.05) is 24.6 Å². The number of nitrogens with zero attached hydrogens (tertiary/aromatic N) is 5. The number of aromatic nitrogens is 5. The van der Waals surface area contributed by atoms with Gasteiger partial charge in [-0.05, 0) is 50.7 Å². The summed E-state index contributed by atoms with van der Waals surface area (Å²) in [7, 11) is 0. The lowest BCUT2D eigenvalue weighted by atomic mass is 10.1. The minimum absolute atomic E-state index is 0.394. The number of aromatic amines is 1. The number of aryl methyl sites for hydroxylation is 2. The lowest BCUT2D eigenvalue weighted by Crippen LogP contribution is -2.04. The zero-order chi connectivity index (χ0) is 19.7. The van der Waals surface area contributed by atoms with Crippen LogP contribution in [0.25, 0.3) is 11.6 Å². The van der Waals surface area contributed by atoms with Crippen molar-refractivity contribution < 1.29 is 4.42 Å². The number of furan rings is 1. The van der Waals surface area contributed by atoms with Crippen molar-refractivity contribution in [2.45, 2.75) is 27.3 Å². The highest BCUT2D eigenvalue weighted by atomic mass is 32.1. The van der Waals surface area contributed by atoms with Gasteiger partial charge in [0.2, 0.25) is 10.6 Å². The van der Waals surface area contributed by atoms with Gasteiger partial charge in [-0.25, -0.2) is 5.10 Å². The molecule has 0 aliphatic carbocycles. The van der Waals surface area contributed by atoms with Gasteiger partial charge in [0.25, 0.3) is 0 Å². The summed E-state index contributed by atoms with van der Waals surface area (Å²) >= 11 is 5.30. The average Bonchev–Trinajstić information content (AvgIpc) is 3.38. The molecular weight excluding hydrogens is 372 g/mol.